The van der Waals surface area contributed by atoms with E-state index in [0.29, 0.717) is 0 Å². The summed E-state index contributed by atoms with van der Waals surface area (Å²) in [5, 5.41) is 11.0. The molecule has 0 amide bonds. The minimum atomic E-state index is -1.49. The molecule has 0 fully saturated rings. The second kappa shape index (κ2) is 5.49. The van der Waals surface area contributed by atoms with Crippen molar-refractivity contribution in [2.45, 2.75) is 0 Å². The molecule has 0 radical (unpaired) electrons. The summed E-state index contributed by atoms with van der Waals surface area (Å²) in [4.78, 5) is 14.3. The summed E-state index contributed by atoms with van der Waals surface area (Å²) in [5.41, 5.74) is -0.986. The summed E-state index contributed by atoms with van der Waals surface area (Å²) in [6.45, 7) is 0. The van der Waals surface area contributed by atoms with E-state index < -0.39 is 34.8 Å². The van der Waals surface area contributed by atoms with Gasteiger partial charge < -0.3 is 10.4 Å². The molecule has 0 aliphatic rings. The van der Waals surface area contributed by atoms with E-state index in [4.69, 9.17) is 5.11 Å². The van der Waals surface area contributed by atoms with E-state index in [1.165, 1.54) is 0 Å². The lowest BCUT2D eigenvalue weighted by molar-refractivity contribution is 0.0692. The molecule has 0 saturated carbocycles. The van der Waals surface area contributed by atoms with Gasteiger partial charge in [-0.1, -0.05) is 0 Å². The summed E-state index contributed by atoms with van der Waals surface area (Å²) in [7, 11) is 0. The maximum atomic E-state index is 13.8. The van der Waals surface area contributed by atoms with Crippen LogP contribution < -0.4 is 5.32 Å². The van der Waals surface area contributed by atoms with Crippen LogP contribution in [0.25, 0.3) is 0 Å². The molecule has 0 bridgehead atoms. The number of aromatic nitrogens is 1. The number of anilines is 2. The first kappa shape index (κ1) is 14.3. The van der Waals surface area contributed by atoms with Crippen LogP contribution in [0.2, 0.25) is 0 Å². The number of hydrogen-bond acceptors (Lipinski definition) is 3. The Morgan fingerprint density at radius 3 is 2.60 bits per heavy atom. The second-order valence-corrected chi connectivity index (χ2v) is 4.55. The van der Waals surface area contributed by atoms with Crippen molar-refractivity contribution in [3.05, 3.63) is 51.9 Å². The summed E-state index contributed by atoms with van der Waals surface area (Å²) in [5.74, 6) is -4.77. The van der Waals surface area contributed by atoms with Gasteiger partial charge >= 0.3 is 5.97 Å². The van der Waals surface area contributed by atoms with Crippen LogP contribution in [-0.2, 0) is 0 Å². The quantitative estimate of drug-likeness (QED) is 0.831. The highest BCUT2D eigenvalue weighted by Gasteiger charge is 2.17. The van der Waals surface area contributed by atoms with Crippen LogP contribution in [0, 0.1) is 17.5 Å². The summed E-state index contributed by atoms with van der Waals surface area (Å²) in [6.07, 6.45) is 1.04. The molecule has 2 aromatic rings. The van der Waals surface area contributed by atoms with Gasteiger partial charge in [0.2, 0.25) is 0 Å². The molecule has 0 aliphatic heterocycles. The van der Waals surface area contributed by atoms with Gasteiger partial charge in [-0.2, -0.15) is 0 Å². The fourth-order valence-electron chi connectivity index (χ4n) is 1.44. The number of carboxylic acid groups (broad SMARTS) is 1. The Balaban J connectivity index is 2.43. The van der Waals surface area contributed by atoms with Gasteiger partial charge in [-0.15, -0.1) is 0 Å². The molecule has 0 unspecified atom stereocenters. The average molecular weight is 347 g/mol. The van der Waals surface area contributed by atoms with E-state index in [0.717, 1.165) is 24.4 Å². The normalized spacial score (nSPS) is 10.4. The zero-order valence-electron chi connectivity index (χ0n) is 9.62. The first-order valence-corrected chi connectivity index (χ1v) is 5.99. The van der Waals surface area contributed by atoms with Crippen LogP contribution in [0.3, 0.4) is 0 Å². The molecule has 104 valence electrons. The summed E-state index contributed by atoms with van der Waals surface area (Å²) >= 11 is 2.80. The van der Waals surface area contributed by atoms with Gasteiger partial charge in [0.05, 0.1) is 10.2 Å². The zero-order chi connectivity index (χ0) is 14.9. The van der Waals surface area contributed by atoms with E-state index >= 15 is 0 Å². The number of aromatic carboxylic acids is 1. The number of rotatable bonds is 3. The van der Waals surface area contributed by atoms with Crippen LogP contribution in [-0.4, -0.2) is 16.1 Å². The molecule has 0 saturated heterocycles. The molecule has 20 heavy (non-hydrogen) atoms. The van der Waals surface area contributed by atoms with Crippen molar-refractivity contribution in [1.82, 2.24) is 4.98 Å². The smallest absolute Gasteiger partial charge is 0.338 e. The van der Waals surface area contributed by atoms with E-state index in [2.05, 4.69) is 26.2 Å². The highest BCUT2D eigenvalue weighted by atomic mass is 79.9. The number of nitrogens with one attached hydrogen (secondary N) is 1. The molecule has 8 heteroatoms. The Kier molecular flexibility index (Phi) is 3.93. The fraction of sp³-hybridized carbons (Fsp3) is 0. The SMILES string of the molecule is O=C(O)c1ccnc(Nc2cc(F)c(Br)cc2F)c1F. The van der Waals surface area contributed by atoms with Gasteiger partial charge in [0, 0.05) is 12.3 Å². The number of pyridine rings is 1. The van der Waals surface area contributed by atoms with Crippen molar-refractivity contribution in [2.24, 2.45) is 0 Å². The Morgan fingerprint density at radius 2 is 1.95 bits per heavy atom. The van der Waals surface area contributed by atoms with Gasteiger partial charge in [0.25, 0.3) is 0 Å². The minimum Gasteiger partial charge on any atom is -0.478 e. The largest absolute Gasteiger partial charge is 0.478 e. The lowest BCUT2D eigenvalue weighted by atomic mass is 10.2. The molecule has 2 rings (SSSR count). The van der Waals surface area contributed by atoms with E-state index in [-0.39, 0.29) is 10.2 Å². The molecular formula is C12H6BrF3N2O2. The van der Waals surface area contributed by atoms with Gasteiger partial charge in [-0.25, -0.2) is 22.9 Å². The molecule has 1 heterocycles. The molecular weight excluding hydrogens is 341 g/mol. The average Bonchev–Trinajstić information content (AvgIpc) is 2.37. The van der Waals surface area contributed by atoms with Crippen LogP contribution in [0.15, 0.2) is 28.9 Å². The Bertz CT molecular complexity index is 695. The number of nitrogens with zero attached hydrogens (tertiary/aromatic N) is 1. The first-order chi connectivity index (χ1) is 9.40. The number of halogens is 4. The van der Waals surface area contributed by atoms with Crippen molar-refractivity contribution >= 4 is 33.4 Å². The summed E-state index contributed by atoms with van der Waals surface area (Å²) < 4.78 is 40.6. The van der Waals surface area contributed by atoms with Crippen LogP contribution in [0.4, 0.5) is 24.7 Å². The Hall–Kier alpha value is -2.09. The van der Waals surface area contributed by atoms with Crippen molar-refractivity contribution in [3.8, 4) is 0 Å². The van der Waals surface area contributed by atoms with Crippen LogP contribution in [0.5, 0.6) is 0 Å². The lowest BCUT2D eigenvalue weighted by Crippen LogP contribution is -2.06. The molecule has 0 atom stereocenters. The third kappa shape index (κ3) is 2.74. The Morgan fingerprint density at radius 1 is 1.25 bits per heavy atom. The maximum Gasteiger partial charge on any atom is 0.338 e. The standard InChI is InChI=1S/C12H6BrF3N2O2/c13-6-3-8(15)9(4-7(6)14)18-11-10(16)5(12(19)20)1-2-17-11/h1-4H,(H,17,18)(H,19,20). The monoisotopic (exact) mass is 346 g/mol. The molecule has 0 spiro atoms. The van der Waals surface area contributed by atoms with Crippen molar-refractivity contribution in [1.29, 1.82) is 0 Å². The van der Waals surface area contributed by atoms with Gasteiger partial charge in [-0.3, -0.25) is 0 Å². The van der Waals surface area contributed by atoms with Crippen LogP contribution in [0.1, 0.15) is 10.4 Å². The highest BCUT2D eigenvalue weighted by molar-refractivity contribution is 9.10. The number of carboxylic acids is 1. The Labute approximate surface area is 119 Å². The van der Waals surface area contributed by atoms with Crippen molar-refractivity contribution in [2.75, 3.05) is 5.32 Å². The van der Waals surface area contributed by atoms with Gasteiger partial charge in [-0.05, 0) is 28.1 Å². The topological polar surface area (TPSA) is 62.2 Å². The van der Waals surface area contributed by atoms with Crippen molar-refractivity contribution in [3.63, 3.8) is 0 Å². The second-order valence-electron chi connectivity index (χ2n) is 3.70. The first-order valence-electron chi connectivity index (χ1n) is 5.19. The molecule has 0 aliphatic carbocycles. The fourth-order valence-corrected chi connectivity index (χ4v) is 1.76. The summed E-state index contributed by atoms with van der Waals surface area (Å²) in [6, 6.07) is 2.62. The van der Waals surface area contributed by atoms with Gasteiger partial charge in [0.1, 0.15) is 17.2 Å². The lowest BCUT2D eigenvalue weighted by Gasteiger charge is -2.09. The van der Waals surface area contributed by atoms with E-state index in [1.807, 2.05) is 0 Å². The van der Waals surface area contributed by atoms with E-state index in [1.54, 1.807) is 0 Å². The zero-order valence-corrected chi connectivity index (χ0v) is 11.2. The van der Waals surface area contributed by atoms with Gasteiger partial charge in [0.15, 0.2) is 11.6 Å². The van der Waals surface area contributed by atoms with Crippen molar-refractivity contribution < 1.29 is 23.1 Å². The third-order valence-corrected chi connectivity index (χ3v) is 2.99. The molecule has 2 N–H and O–H groups in total. The van der Waals surface area contributed by atoms with E-state index in [9.17, 15) is 18.0 Å². The molecule has 4 nitrogen and oxygen atoms in total. The predicted molar refractivity (Wildman–Crippen MR) is 68.5 cm³/mol. The minimum absolute atomic E-state index is 0.0896. The predicted octanol–water partition coefficient (Wildman–Crippen LogP) is 3.70. The number of carbonyl (C=O) groups is 1. The molecule has 1 aromatic heterocycles. The number of hydrogen-bond donors (Lipinski definition) is 2. The highest BCUT2D eigenvalue weighted by Crippen LogP contribution is 2.27. The number of benzene rings is 1. The maximum absolute atomic E-state index is 13.8. The molecule has 1 aromatic carbocycles. The van der Waals surface area contributed by atoms with Crippen LogP contribution >= 0.6 is 15.9 Å². The third-order valence-electron chi connectivity index (χ3n) is 2.38.